The molecule has 1 aliphatic carbocycles. The Kier molecular flexibility index (Phi) is 6.47. The maximum Gasteiger partial charge on any atom is 0.192 e. The molecule has 3 aromatic heterocycles. The molecule has 1 saturated carbocycles. The minimum Gasteiger partial charge on any atom is -0.413 e. The predicted molar refractivity (Wildman–Crippen MR) is 150 cm³/mol. The van der Waals surface area contributed by atoms with Crippen molar-refractivity contribution in [2.75, 3.05) is 5.73 Å². The molecule has 6 nitrogen and oxygen atoms in total. The van der Waals surface area contributed by atoms with Gasteiger partial charge in [-0.3, -0.25) is 4.57 Å². The Balaban J connectivity index is 1.56. The third-order valence-electron chi connectivity index (χ3n) is 7.98. The normalized spacial score (nSPS) is 15.1. The van der Waals surface area contributed by atoms with Crippen molar-refractivity contribution >= 4 is 25.3 Å². The maximum absolute atomic E-state index is 6.44. The Hall–Kier alpha value is -3.03. The van der Waals surface area contributed by atoms with Gasteiger partial charge in [-0.2, -0.15) is 0 Å². The SMILES string of the molecule is CC(C)(C)[Si](C)(C)OCc1ccc(-n2c(-c3cccnc3N)nc3ccc(C4CCCC4)nc32)cc1. The minimum atomic E-state index is -1.82. The standard InChI is InChI=1S/C29H37N5OSi/c1-29(2,3)36(4,5)35-19-20-12-14-22(15-13-20)34-27(23-11-8-18-31-26(23)30)33-25-17-16-24(32-28(25)34)21-9-6-7-10-21/h8,11-18,21H,6-7,9-10,19H2,1-5H3,(H2,30,31). The summed E-state index contributed by atoms with van der Waals surface area (Å²) in [7, 11) is -1.82. The van der Waals surface area contributed by atoms with E-state index in [1.54, 1.807) is 6.20 Å². The lowest BCUT2D eigenvalue weighted by atomic mass is 10.0. The molecule has 0 bridgehead atoms. The second kappa shape index (κ2) is 9.45. The van der Waals surface area contributed by atoms with Crippen molar-refractivity contribution in [1.82, 2.24) is 19.5 Å². The fourth-order valence-corrected chi connectivity index (χ4v) is 5.63. The second-order valence-electron chi connectivity index (χ2n) is 11.5. The largest absolute Gasteiger partial charge is 0.413 e. The van der Waals surface area contributed by atoms with Crippen LogP contribution < -0.4 is 5.73 Å². The van der Waals surface area contributed by atoms with Crippen molar-refractivity contribution in [2.24, 2.45) is 0 Å². The number of fused-ring (bicyclic) bond motifs is 1. The first-order chi connectivity index (χ1) is 17.1. The summed E-state index contributed by atoms with van der Waals surface area (Å²) in [5, 5.41) is 0.184. The number of imidazole rings is 1. The summed E-state index contributed by atoms with van der Waals surface area (Å²) in [4.78, 5) is 14.4. The monoisotopic (exact) mass is 499 g/mol. The van der Waals surface area contributed by atoms with Gasteiger partial charge in [-0.1, -0.05) is 45.7 Å². The highest BCUT2D eigenvalue weighted by atomic mass is 28.4. The fraction of sp³-hybridized carbons (Fsp3) is 0.414. The highest BCUT2D eigenvalue weighted by Crippen LogP contribution is 2.38. The number of benzene rings is 1. The van der Waals surface area contributed by atoms with Crippen LogP contribution in [-0.2, 0) is 11.0 Å². The zero-order valence-corrected chi connectivity index (χ0v) is 23.1. The van der Waals surface area contributed by atoms with E-state index in [1.807, 2.05) is 12.1 Å². The van der Waals surface area contributed by atoms with Crippen molar-refractivity contribution in [3.05, 3.63) is 66.0 Å². The van der Waals surface area contributed by atoms with Crippen LogP contribution in [0.1, 0.15) is 63.6 Å². The van der Waals surface area contributed by atoms with E-state index >= 15 is 0 Å². The molecular weight excluding hydrogens is 462 g/mol. The average Bonchev–Trinajstić information content (AvgIpc) is 3.51. The third kappa shape index (κ3) is 4.69. The zero-order chi connectivity index (χ0) is 25.5. The van der Waals surface area contributed by atoms with Gasteiger partial charge < -0.3 is 10.2 Å². The molecule has 0 radical (unpaired) electrons. The van der Waals surface area contributed by atoms with Crippen LogP contribution in [0.25, 0.3) is 28.2 Å². The smallest absolute Gasteiger partial charge is 0.192 e. The van der Waals surface area contributed by atoms with Crippen molar-refractivity contribution in [1.29, 1.82) is 0 Å². The molecule has 0 aliphatic heterocycles. The number of aromatic nitrogens is 4. The Morgan fingerprint density at radius 1 is 1.00 bits per heavy atom. The first-order valence-corrected chi connectivity index (χ1v) is 15.9. The van der Waals surface area contributed by atoms with Gasteiger partial charge in [-0.05, 0) is 72.9 Å². The molecule has 0 unspecified atom stereocenters. The number of rotatable bonds is 6. The number of hydrogen-bond acceptors (Lipinski definition) is 5. The van der Waals surface area contributed by atoms with Crippen molar-refractivity contribution in [3.8, 4) is 17.1 Å². The van der Waals surface area contributed by atoms with Gasteiger partial charge in [0.2, 0.25) is 0 Å². The zero-order valence-electron chi connectivity index (χ0n) is 22.1. The Labute approximate surface area is 215 Å². The summed E-state index contributed by atoms with van der Waals surface area (Å²) >= 11 is 0. The molecule has 1 fully saturated rings. The van der Waals surface area contributed by atoms with Crippen molar-refractivity contribution in [2.45, 2.75) is 77.1 Å². The fourth-order valence-electron chi connectivity index (χ4n) is 4.67. The first-order valence-electron chi connectivity index (χ1n) is 13.0. The van der Waals surface area contributed by atoms with E-state index in [9.17, 15) is 0 Å². The second-order valence-corrected chi connectivity index (χ2v) is 16.3. The maximum atomic E-state index is 6.44. The number of hydrogen-bond donors (Lipinski definition) is 1. The number of nitrogens with zero attached hydrogens (tertiary/aromatic N) is 4. The lowest BCUT2D eigenvalue weighted by Gasteiger charge is -2.36. The van der Waals surface area contributed by atoms with Gasteiger partial charge in [0.25, 0.3) is 0 Å². The van der Waals surface area contributed by atoms with Crippen LogP contribution in [-0.4, -0.2) is 27.8 Å². The average molecular weight is 500 g/mol. The molecule has 0 spiro atoms. The van der Waals surface area contributed by atoms with Crippen LogP contribution in [0.2, 0.25) is 18.1 Å². The van der Waals surface area contributed by atoms with Crippen molar-refractivity contribution < 1.29 is 4.43 Å². The van der Waals surface area contributed by atoms with Gasteiger partial charge in [0.1, 0.15) is 11.3 Å². The molecule has 0 atom stereocenters. The van der Waals surface area contributed by atoms with Gasteiger partial charge in [-0.25, -0.2) is 15.0 Å². The number of nitrogens with two attached hydrogens (primary N) is 1. The van der Waals surface area contributed by atoms with Crippen LogP contribution in [0.15, 0.2) is 54.7 Å². The molecule has 0 amide bonds. The van der Waals surface area contributed by atoms with Crippen LogP contribution in [0.3, 0.4) is 0 Å². The lowest BCUT2D eigenvalue weighted by molar-refractivity contribution is 0.276. The molecule has 1 aromatic carbocycles. The summed E-state index contributed by atoms with van der Waals surface area (Å²) in [5.74, 6) is 1.75. The van der Waals surface area contributed by atoms with Crippen LogP contribution >= 0.6 is 0 Å². The van der Waals surface area contributed by atoms with E-state index in [0.29, 0.717) is 18.3 Å². The summed E-state index contributed by atoms with van der Waals surface area (Å²) in [5.41, 5.74) is 12.1. The van der Waals surface area contributed by atoms with E-state index in [4.69, 9.17) is 20.1 Å². The van der Waals surface area contributed by atoms with E-state index in [2.05, 4.69) is 79.8 Å². The Morgan fingerprint density at radius 3 is 2.39 bits per heavy atom. The number of anilines is 1. The third-order valence-corrected chi connectivity index (χ3v) is 12.5. The molecule has 1 aliphatic rings. The van der Waals surface area contributed by atoms with Gasteiger partial charge >= 0.3 is 0 Å². The van der Waals surface area contributed by atoms with Crippen LogP contribution in [0, 0.1) is 0 Å². The quantitative estimate of drug-likeness (QED) is 0.283. The van der Waals surface area contributed by atoms with Gasteiger partial charge in [0, 0.05) is 23.5 Å². The van der Waals surface area contributed by atoms with E-state index < -0.39 is 8.32 Å². The van der Waals surface area contributed by atoms with E-state index in [1.165, 1.54) is 25.7 Å². The molecule has 3 heterocycles. The molecule has 4 aromatic rings. The summed E-state index contributed by atoms with van der Waals surface area (Å²) in [6.45, 7) is 12.0. The van der Waals surface area contributed by atoms with Crippen LogP contribution in [0.4, 0.5) is 5.82 Å². The van der Waals surface area contributed by atoms with Crippen LogP contribution in [0.5, 0.6) is 0 Å². The number of nitrogen functional groups attached to an aromatic ring is 1. The topological polar surface area (TPSA) is 78.9 Å². The van der Waals surface area contributed by atoms with Gasteiger partial charge in [0.05, 0.1) is 12.2 Å². The molecule has 2 N–H and O–H groups in total. The van der Waals surface area contributed by atoms with Crippen molar-refractivity contribution in [3.63, 3.8) is 0 Å². The molecule has 0 saturated heterocycles. The van der Waals surface area contributed by atoms with E-state index in [-0.39, 0.29) is 5.04 Å². The molecular formula is C29H37N5OSi. The molecule has 36 heavy (non-hydrogen) atoms. The molecule has 7 heteroatoms. The highest BCUT2D eigenvalue weighted by molar-refractivity contribution is 6.74. The molecule has 188 valence electrons. The Morgan fingerprint density at radius 2 is 1.72 bits per heavy atom. The summed E-state index contributed by atoms with van der Waals surface area (Å²) < 4.78 is 8.57. The highest BCUT2D eigenvalue weighted by Gasteiger charge is 2.37. The molecule has 5 rings (SSSR count). The predicted octanol–water partition coefficient (Wildman–Crippen LogP) is 7.24. The van der Waals surface area contributed by atoms with Gasteiger partial charge in [-0.15, -0.1) is 0 Å². The van der Waals surface area contributed by atoms with E-state index in [0.717, 1.165) is 39.5 Å². The Bertz CT molecular complexity index is 1360. The summed E-state index contributed by atoms with van der Waals surface area (Å²) in [6.07, 6.45) is 6.68. The number of pyridine rings is 2. The lowest BCUT2D eigenvalue weighted by Crippen LogP contribution is -2.40. The summed E-state index contributed by atoms with van der Waals surface area (Å²) in [6, 6.07) is 16.7. The minimum absolute atomic E-state index is 0.184. The first kappa shape index (κ1) is 24.7. The van der Waals surface area contributed by atoms with Gasteiger partial charge in [0.15, 0.2) is 19.8 Å².